The Morgan fingerprint density at radius 3 is 1.12 bits per heavy atom. The van der Waals surface area contributed by atoms with Gasteiger partial charge in [-0.3, -0.25) is 13.8 Å². The number of phosphoric acid groups is 1. The van der Waals surface area contributed by atoms with Crippen LogP contribution in [0.1, 0.15) is 251 Å². The number of carbonyl (C=O) groups excluding carboxylic acids is 1. The summed E-state index contributed by atoms with van der Waals surface area (Å²) in [7, 11) is -5.11. The average Bonchev–Trinajstić information content (AvgIpc) is 3.27. The second-order valence-electron chi connectivity index (χ2n) is 19.3. The van der Waals surface area contributed by atoms with Crippen LogP contribution in [0.15, 0.2) is 0 Å². The van der Waals surface area contributed by atoms with Gasteiger partial charge in [0.25, 0.3) is 0 Å². The van der Waals surface area contributed by atoms with E-state index in [2.05, 4.69) is 19.2 Å². The molecule has 0 heterocycles. The highest BCUT2D eigenvalue weighted by Crippen LogP contribution is 2.47. The number of carbonyl (C=O) groups is 1. The molecular weight excluding hydrogens is 838 g/mol. The topological polar surface area (TPSA) is 226 Å². The Bertz CT molecular complexity index is 1110. The SMILES string of the molecule is CCCCCCCCCCCCCCCCCCCCCCC(O)CC(=O)NC(COP(=O)(O)OC1C(O)C(O)C(O)C(O)C1O)C(O)CCCCCCCCCCCCCCCC. The van der Waals surface area contributed by atoms with Crippen LogP contribution in [0, 0.1) is 0 Å². The quantitative estimate of drug-likeness (QED) is 0.0205. The standard InChI is InChI=1S/C50H100NO12P/c1-3-5-7-9-11-13-15-17-19-20-21-22-23-24-25-27-29-31-33-35-37-41(52)39-44(54)51-42(40-62-64(60,61)63-50-48(58)46(56)45(55)47(57)49(50)59)43(53)38-36-34-32-30-28-26-18-16-14-12-10-8-6-4-2/h41-43,45-50,52-53,55-59H,3-40H2,1-2H3,(H,51,54)(H,60,61). The summed E-state index contributed by atoms with van der Waals surface area (Å²) in [6.07, 6.45) is 28.6. The first kappa shape index (κ1) is 61.3. The molecule has 0 saturated heterocycles. The Morgan fingerprint density at radius 2 is 0.781 bits per heavy atom. The fourth-order valence-electron chi connectivity index (χ4n) is 8.90. The Balaban J connectivity index is 2.40. The maximum absolute atomic E-state index is 13.1. The van der Waals surface area contributed by atoms with Crippen molar-refractivity contribution >= 4 is 13.7 Å². The zero-order valence-electron chi connectivity index (χ0n) is 40.7. The van der Waals surface area contributed by atoms with E-state index in [4.69, 9.17) is 9.05 Å². The van der Waals surface area contributed by atoms with Gasteiger partial charge in [-0.15, -0.1) is 0 Å². The molecule has 1 amide bonds. The molecule has 382 valence electrons. The minimum Gasteiger partial charge on any atom is -0.393 e. The van der Waals surface area contributed by atoms with E-state index >= 15 is 0 Å². The van der Waals surface area contributed by atoms with Crippen molar-refractivity contribution in [2.24, 2.45) is 0 Å². The van der Waals surface area contributed by atoms with Gasteiger partial charge < -0.3 is 46.0 Å². The fraction of sp³-hybridized carbons (Fsp3) is 0.980. The maximum Gasteiger partial charge on any atom is 0.472 e. The molecule has 0 bridgehead atoms. The van der Waals surface area contributed by atoms with Crippen molar-refractivity contribution in [3.8, 4) is 0 Å². The Hall–Kier alpha value is -0.700. The van der Waals surface area contributed by atoms with E-state index < -0.39 is 75.2 Å². The molecule has 64 heavy (non-hydrogen) atoms. The lowest BCUT2D eigenvalue weighted by molar-refractivity contribution is -0.220. The molecule has 1 aliphatic rings. The zero-order valence-corrected chi connectivity index (χ0v) is 41.6. The molecule has 1 rings (SSSR count). The van der Waals surface area contributed by atoms with Crippen LogP contribution >= 0.6 is 7.82 Å². The van der Waals surface area contributed by atoms with Crippen molar-refractivity contribution in [1.29, 1.82) is 0 Å². The molecule has 8 atom stereocenters. The Labute approximate surface area is 389 Å². The summed E-state index contributed by atoms with van der Waals surface area (Å²) in [6.45, 7) is 3.82. The number of phosphoric ester groups is 1. The summed E-state index contributed by atoms with van der Waals surface area (Å²) in [6, 6.07) is -1.15. The fourth-order valence-corrected chi connectivity index (χ4v) is 9.86. The number of hydrogen-bond donors (Lipinski definition) is 9. The second kappa shape index (κ2) is 40.2. The largest absolute Gasteiger partial charge is 0.472 e. The Kier molecular flexibility index (Phi) is 38.5. The first-order valence-electron chi connectivity index (χ1n) is 26.6. The van der Waals surface area contributed by atoms with E-state index in [1.54, 1.807) is 0 Å². The molecule has 0 aromatic heterocycles. The normalized spacial score (nSPS) is 22.6. The molecule has 1 fully saturated rings. The molecular formula is C50H100NO12P. The van der Waals surface area contributed by atoms with E-state index in [1.165, 1.54) is 161 Å². The number of hydrogen-bond acceptors (Lipinski definition) is 11. The van der Waals surface area contributed by atoms with Crippen molar-refractivity contribution in [2.75, 3.05) is 6.61 Å². The van der Waals surface area contributed by atoms with Crippen LogP contribution in [0.25, 0.3) is 0 Å². The molecule has 13 nitrogen and oxygen atoms in total. The van der Waals surface area contributed by atoms with E-state index in [-0.39, 0.29) is 12.8 Å². The van der Waals surface area contributed by atoms with Gasteiger partial charge in [-0.05, 0) is 12.8 Å². The van der Waals surface area contributed by atoms with Crippen molar-refractivity contribution in [3.05, 3.63) is 0 Å². The van der Waals surface area contributed by atoms with Crippen LogP contribution in [-0.4, -0.2) is 108 Å². The van der Waals surface area contributed by atoms with Crippen molar-refractivity contribution < 1.29 is 59.0 Å². The molecule has 0 radical (unpaired) electrons. The van der Waals surface area contributed by atoms with Gasteiger partial charge >= 0.3 is 7.82 Å². The summed E-state index contributed by atoms with van der Waals surface area (Å²) in [5.41, 5.74) is 0. The van der Waals surface area contributed by atoms with Crippen molar-refractivity contribution in [3.63, 3.8) is 0 Å². The lowest BCUT2D eigenvalue weighted by Gasteiger charge is -2.41. The highest BCUT2D eigenvalue weighted by atomic mass is 31.2. The molecule has 14 heteroatoms. The maximum atomic E-state index is 13.1. The van der Waals surface area contributed by atoms with Gasteiger partial charge in [-0.25, -0.2) is 4.57 Å². The lowest BCUT2D eigenvalue weighted by atomic mass is 9.85. The average molecular weight is 938 g/mol. The summed E-state index contributed by atoms with van der Waals surface area (Å²) in [5.74, 6) is -0.554. The third-order valence-corrected chi connectivity index (χ3v) is 14.2. The van der Waals surface area contributed by atoms with Gasteiger partial charge in [0, 0.05) is 0 Å². The third kappa shape index (κ3) is 31.4. The van der Waals surface area contributed by atoms with E-state index in [0.717, 1.165) is 51.4 Å². The molecule has 0 aromatic carbocycles. The minimum atomic E-state index is -5.11. The van der Waals surface area contributed by atoms with Gasteiger partial charge in [-0.2, -0.15) is 0 Å². The summed E-state index contributed by atoms with van der Waals surface area (Å²) >= 11 is 0. The summed E-state index contributed by atoms with van der Waals surface area (Å²) in [4.78, 5) is 23.5. The van der Waals surface area contributed by atoms with Crippen molar-refractivity contribution in [2.45, 2.75) is 306 Å². The zero-order chi connectivity index (χ0) is 47.3. The minimum absolute atomic E-state index is 0.215. The number of aliphatic hydroxyl groups excluding tert-OH is 7. The highest BCUT2D eigenvalue weighted by molar-refractivity contribution is 7.47. The van der Waals surface area contributed by atoms with Crippen molar-refractivity contribution in [1.82, 2.24) is 5.32 Å². The highest BCUT2D eigenvalue weighted by Gasteiger charge is 2.51. The molecule has 9 N–H and O–H groups in total. The van der Waals surface area contributed by atoms with Crippen LogP contribution in [0.4, 0.5) is 0 Å². The number of aliphatic hydroxyl groups is 7. The first-order valence-corrected chi connectivity index (χ1v) is 28.1. The molecule has 0 spiro atoms. The summed E-state index contributed by atoms with van der Waals surface area (Å²) < 4.78 is 23.0. The van der Waals surface area contributed by atoms with Gasteiger partial charge in [0.05, 0.1) is 31.3 Å². The molecule has 0 aromatic rings. The Morgan fingerprint density at radius 1 is 0.484 bits per heavy atom. The molecule has 1 saturated carbocycles. The van der Waals surface area contributed by atoms with E-state index in [0.29, 0.717) is 12.8 Å². The van der Waals surface area contributed by atoms with Crippen LogP contribution < -0.4 is 5.32 Å². The first-order chi connectivity index (χ1) is 30.8. The molecule has 8 unspecified atom stereocenters. The number of amides is 1. The second-order valence-corrected chi connectivity index (χ2v) is 20.7. The predicted octanol–water partition coefficient (Wildman–Crippen LogP) is 9.99. The van der Waals surface area contributed by atoms with Gasteiger partial charge in [0.2, 0.25) is 5.91 Å². The van der Waals surface area contributed by atoms with Crippen LogP contribution in [0.2, 0.25) is 0 Å². The van der Waals surface area contributed by atoms with Crippen LogP contribution in [0.5, 0.6) is 0 Å². The summed E-state index contributed by atoms with van der Waals surface area (Å²) in [5, 5.41) is 74.8. The number of nitrogens with one attached hydrogen (secondary N) is 1. The third-order valence-electron chi connectivity index (χ3n) is 13.2. The van der Waals surface area contributed by atoms with Gasteiger partial charge in [0.1, 0.15) is 36.6 Å². The smallest absolute Gasteiger partial charge is 0.393 e. The predicted molar refractivity (Wildman–Crippen MR) is 257 cm³/mol. The van der Waals surface area contributed by atoms with Gasteiger partial charge in [0.15, 0.2) is 0 Å². The van der Waals surface area contributed by atoms with Gasteiger partial charge in [-0.1, -0.05) is 232 Å². The van der Waals surface area contributed by atoms with E-state index in [9.17, 15) is 50.0 Å². The lowest BCUT2D eigenvalue weighted by Crippen LogP contribution is -2.64. The number of rotatable bonds is 45. The van der Waals surface area contributed by atoms with Crippen LogP contribution in [-0.2, 0) is 18.4 Å². The van der Waals surface area contributed by atoms with E-state index in [1.807, 2.05) is 0 Å². The van der Waals surface area contributed by atoms with Crippen LogP contribution in [0.3, 0.4) is 0 Å². The molecule has 1 aliphatic carbocycles. The monoisotopic (exact) mass is 938 g/mol. The molecule has 0 aliphatic heterocycles. The number of unbranched alkanes of at least 4 members (excludes halogenated alkanes) is 32.